The summed E-state index contributed by atoms with van der Waals surface area (Å²) < 4.78 is 4.83. The lowest BCUT2D eigenvalue weighted by molar-refractivity contribution is -0.147. The zero-order valence-corrected chi connectivity index (χ0v) is 13.4. The highest BCUT2D eigenvalue weighted by Crippen LogP contribution is 2.08. The van der Waals surface area contributed by atoms with Gasteiger partial charge < -0.3 is 14.9 Å². The van der Waals surface area contributed by atoms with E-state index in [9.17, 15) is 4.79 Å². The van der Waals surface area contributed by atoms with Crippen LogP contribution >= 0.6 is 0 Å². The largest absolute Gasteiger partial charge is 0.463 e. The van der Waals surface area contributed by atoms with Gasteiger partial charge >= 0.3 is 5.97 Å². The van der Waals surface area contributed by atoms with E-state index in [1.165, 1.54) is 32.1 Å². The first kappa shape index (κ1) is 20.1. The van der Waals surface area contributed by atoms with Crippen molar-refractivity contribution in [1.29, 1.82) is 0 Å². The van der Waals surface area contributed by atoms with Crippen LogP contribution in [0.3, 0.4) is 0 Å². The predicted molar refractivity (Wildman–Crippen MR) is 85.0 cm³/mol. The molecule has 4 nitrogen and oxygen atoms in total. The minimum absolute atomic E-state index is 0.111. The van der Waals surface area contributed by atoms with Crippen LogP contribution in [0.15, 0.2) is 12.2 Å². The average molecular weight is 300 g/mol. The number of hydrogen-bond acceptors (Lipinski definition) is 4. The third-order valence-electron chi connectivity index (χ3n) is 3.29. The van der Waals surface area contributed by atoms with Gasteiger partial charge in [0.15, 0.2) is 0 Å². The first-order valence-electron chi connectivity index (χ1n) is 8.30. The van der Waals surface area contributed by atoms with Crippen molar-refractivity contribution >= 4 is 5.97 Å². The van der Waals surface area contributed by atoms with Crippen molar-refractivity contribution in [2.24, 2.45) is 0 Å². The molecule has 0 heterocycles. The maximum absolute atomic E-state index is 11.3. The Kier molecular flexibility index (Phi) is 14.9. The molecule has 124 valence electrons. The zero-order chi connectivity index (χ0) is 15.8. The van der Waals surface area contributed by atoms with Gasteiger partial charge in [-0.15, -0.1) is 0 Å². The summed E-state index contributed by atoms with van der Waals surface area (Å²) in [5, 5.41) is 17.6. The van der Waals surface area contributed by atoms with E-state index in [4.69, 9.17) is 14.9 Å². The van der Waals surface area contributed by atoms with Gasteiger partial charge in [-0.2, -0.15) is 0 Å². The highest BCUT2D eigenvalue weighted by atomic mass is 16.5. The molecule has 0 bridgehead atoms. The number of aliphatic hydroxyl groups is 2. The van der Waals surface area contributed by atoms with Crippen molar-refractivity contribution in [3.8, 4) is 0 Å². The molecule has 0 amide bonds. The molecular formula is C17H32O4. The van der Waals surface area contributed by atoms with Crippen molar-refractivity contribution in [3.63, 3.8) is 0 Å². The summed E-state index contributed by atoms with van der Waals surface area (Å²) in [6.07, 6.45) is 14.3. The molecule has 0 rings (SSSR count). The predicted octanol–water partition coefficient (Wildman–Crippen LogP) is 3.36. The Hall–Kier alpha value is -0.870. The Morgan fingerprint density at radius 3 is 2.33 bits per heavy atom. The highest BCUT2D eigenvalue weighted by molar-refractivity contribution is 5.69. The summed E-state index contributed by atoms with van der Waals surface area (Å²) in [4.78, 5) is 11.3. The number of rotatable bonds is 14. The van der Waals surface area contributed by atoms with E-state index in [1.807, 2.05) is 0 Å². The molecule has 0 radical (unpaired) electrons. The summed E-state index contributed by atoms with van der Waals surface area (Å²) in [6, 6.07) is 0. The lowest BCUT2D eigenvalue weighted by Crippen LogP contribution is -2.21. The molecule has 0 fully saturated rings. The van der Waals surface area contributed by atoms with Gasteiger partial charge in [0.1, 0.15) is 12.7 Å². The second kappa shape index (κ2) is 15.5. The fourth-order valence-electron chi connectivity index (χ4n) is 1.93. The first-order valence-corrected chi connectivity index (χ1v) is 8.30. The Labute approximate surface area is 129 Å². The van der Waals surface area contributed by atoms with Crippen LogP contribution in [-0.2, 0) is 9.53 Å². The molecule has 0 aromatic heterocycles. The quantitative estimate of drug-likeness (QED) is 0.293. The summed E-state index contributed by atoms with van der Waals surface area (Å²) in [5.41, 5.74) is 0. The molecule has 0 saturated heterocycles. The van der Waals surface area contributed by atoms with Gasteiger partial charge in [-0.05, 0) is 25.7 Å². The standard InChI is InChI=1S/C17H32O4/c1-2-3-4-5-6-7-8-9-10-11-12-13-17(20)21-15-16(19)14-18/h5-6,16,18-19H,2-4,7-15H2,1H3/b6-5+/t16-/m1/s1. The van der Waals surface area contributed by atoms with Crippen molar-refractivity contribution in [2.75, 3.05) is 13.2 Å². The molecule has 0 saturated carbocycles. The van der Waals surface area contributed by atoms with Crippen molar-refractivity contribution < 1.29 is 19.7 Å². The van der Waals surface area contributed by atoms with Crippen LogP contribution in [0, 0.1) is 0 Å². The molecular weight excluding hydrogens is 268 g/mol. The van der Waals surface area contributed by atoms with Gasteiger partial charge in [0.25, 0.3) is 0 Å². The normalized spacial score (nSPS) is 12.7. The lowest BCUT2D eigenvalue weighted by Gasteiger charge is -2.08. The van der Waals surface area contributed by atoms with E-state index >= 15 is 0 Å². The zero-order valence-electron chi connectivity index (χ0n) is 13.4. The van der Waals surface area contributed by atoms with Crippen LogP contribution in [0.1, 0.15) is 71.1 Å². The number of esters is 1. The number of aliphatic hydroxyl groups excluding tert-OH is 2. The fraction of sp³-hybridized carbons (Fsp3) is 0.824. The highest BCUT2D eigenvalue weighted by Gasteiger charge is 2.07. The first-order chi connectivity index (χ1) is 10.2. The Morgan fingerprint density at radius 2 is 1.67 bits per heavy atom. The van der Waals surface area contributed by atoms with Gasteiger partial charge in [-0.3, -0.25) is 4.79 Å². The molecule has 2 N–H and O–H groups in total. The third-order valence-corrected chi connectivity index (χ3v) is 3.29. The molecule has 0 spiro atoms. The Bertz CT molecular complexity index is 264. The molecule has 0 aliphatic rings. The second-order valence-electron chi connectivity index (χ2n) is 5.44. The van der Waals surface area contributed by atoms with E-state index in [0.29, 0.717) is 6.42 Å². The second-order valence-corrected chi connectivity index (χ2v) is 5.44. The van der Waals surface area contributed by atoms with Crippen LogP contribution in [0.2, 0.25) is 0 Å². The van der Waals surface area contributed by atoms with E-state index in [2.05, 4.69) is 19.1 Å². The van der Waals surface area contributed by atoms with Crippen LogP contribution in [-0.4, -0.2) is 35.5 Å². The van der Waals surface area contributed by atoms with Crippen LogP contribution < -0.4 is 0 Å². The molecule has 0 aliphatic carbocycles. The molecule has 0 aliphatic heterocycles. The minimum Gasteiger partial charge on any atom is -0.463 e. The van der Waals surface area contributed by atoms with Gasteiger partial charge in [-0.1, -0.05) is 51.2 Å². The van der Waals surface area contributed by atoms with Crippen molar-refractivity contribution in [2.45, 2.75) is 77.2 Å². The van der Waals surface area contributed by atoms with E-state index < -0.39 is 6.10 Å². The van der Waals surface area contributed by atoms with Crippen LogP contribution in [0.4, 0.5) is 0 Å². The number of allylic oxidation sites excluding steroid dienone is 2. The van der Waals surface area contributed by atoms with Crippen molar-refractivity contribution in [1.82, 2.24) is 0 Å². The van der Waals surface area contributed by atoms with E-state index in [-0.39, 0.29) is 19.2 Å². The SMILES string of the molecule is CCCC/C=C/CCCCCCCC(=O)OC[C@H](O)CO. The number of ether oxygens (including phenoxy) is 1. The summed E-state index contributed by atoms with van der Waals surface area (Å²) in [5.74, 6) is -0.290. The van der Waals surface area contributed by atoms with Crippen molar-refractivity contribution in [3.05, 3.63) is 12.2 Å². The van der Waals surface area contributed by atoms with Gasteiger partial charge in [-0.25, -0.2) is 0 Å². The number of carbonyl (C=O) groups is 1. The smallest absolute Gasteiger partial charge is 0.305 e. The molecule has 21 heavy (non-hydrogen) atoms. The molecule has 0 aromatic rings. The minimum atomic E-state index is -0.959. The monoisotopic (exact) mass is 300 g/mol. The van der Waals surface area contributed by atoms with Gasteiger partial charge in [0.2, 0.25) is 0 Å². The maximum Gasteiger partial charge on any atom is 0.305 e. The third kappa shape index (κ3) is 15.3. The van der Waals surface area contributed by atoms with E-state index in [1.54, 1.807) is 0 Å². The van der Waals surface area contributed by atoms with Gasteiger partial charge in [0, 0.05) is 6.42 Å². The summed E-state index contributed by atoms with van der Waals surface area (Å²) >= 11 is 0. The van der Waals surface area contributed by atoms with Crippen LogP contribution in [0.25, 0.3) is 0 Å². The maximum atomic E-state index is 11.3. The summed E-state index contributed by atoms with van der Waals surface area (Å²) in [7, 11) is 0. The molecule has 1 atom stereocenters. The Morgan fingerprint density at radius 1 is 1.05 bits per heavy atom. The van der Waals surface area contributed by atoms with E-state index in [0.717, 1.165) is 25.7 Å². The number of hydrogen-bond donors (Lipinski definition) is 2. The van der Waals surface area contributed by atoms with Gasteiger partial charge in [0.05, 0.1) is 6.61 Å². The van der Waals surface area contributed by atoms with Crippen LogP contribution in [0.5, 0.6) is 0 Å². The average Bonchev–Trinajstić information content (AvgIpc) is 2.50. The number of carbonyl (C=O) groups excluding carboxylic acids is 1. The Balaban J connectivity index is 3.24. The summed E-state index contributed by atoms with van der Waals surface area (Å²) in [6.45, 7) is 1.72. The molecule has 4 heteroatoms. The number of unbranched alkanes of at least 4 members (excludes halogenated alkanes) is 7. The lowest BCUT2D eigenvalue weighted by atomic mass is 10.1. The molecule has 0 aromatic carbocycles. The topological polar surface area (TPSA) is 66.8 Å². The molecule has 0 unspecified atom stereocenters. The fourth-order valence-corrected chi connectivity index (χ4v) is 1.93.